The SMILES string of the molecule is N#Cc1cc(Br)ccc1NCCF. The molecule has 0 saturated carbocycles. The molecule has 0 aromatic heterocycles. The summed E-state index contributed by atoms with van der Waals surface area (Å²) in [7, 11) is 0. The number of hydrogen-bond acceptors (Lipinski definition) is 2. The van der Waals surface area contributed by atoms with Crippen LogP contribution in [0.4, 0.5) is 10.1 Å². The zero-order valence-electron chi connectivity index (χ0n) is 6.85. The van der Waals surface area contributed by atoms with Crippen LogP contribution in [0.15, 0.2) is 22.7 Å². The molecule has 0 saturated heterocycles. The molecule has 0 radical (unpaired) electrons. The molecule has 0 bridgehead atoms. The highest BCUT2D eigenvalue weighted by Crippen LogP contribution is 2.19. The number of anilines is 1. The molecule has 0 amide bonds. The third kappa shape index (κ3) is 2.71. The van der Waals surface area contributed by atoms with Gasteiger partial charge in [-0.25, -0.2) is 4.39 Å². The quantitative estimate of drug-likeness (QED) is 0.885. The fourth-order valence-corrected chi connectivity index (χ4v) is 1.31. The lowest BCUT2D eigenvalue weighted by Crippen LogP contribution is -2.04. The van der Waals surface area contributed by atoms with E-state index in [-0.39, 0.29) is 6.54 Å². The Morgan fingerprint density at radius 3 is 2.92 bits per heavy atom. The van der Waals surface area contributed by atoms with Crippen LogP contribution in [-0.2, 0) is 0 Å². The van der Waals surface area contributed by atoms with E-state index in [9.17, 15) is 4.39 Å². The molecule has 1 aromatic rings. The van der Waals surface area contributed by atoms with Crippen LogP contribution >= 0.6 is 15.9 Å². The second-order valence-electron chi connectivity index (χ2n) is 2.42. The Kier molecular flexibility index (Phi) is 3.71. The summed E-state index contributed by atoms with van der Waals surface area (Å²) in [5, 5.41) is 11.6. The van der Waals surface area contributed by atoms with E-state index in [2.05, 4.69) is 21.2 Å². The van der Waals surface area contributed by atoms with Crippen LogP contribution in [0.1, 0.15) is 5.56 Å². The first kappa shape index (κ1) is 10.0. The van der Waals surface area contributed by atoms with Crippen molar-refractivity contribution in [2.45, 2.75) is 0 Å². The second kappa shape index (κ2) is 4.83. The normalized spacial score (nSPS) is 9.31. The van der Waals surface area contributed by atoms with E-state index in [1.807, 2.05) is 6.07 Å². The average Bonchev–Trinajstić information content (AvgIpc) is 2.16. The maximum absolute atomic E-state index is 11.8. The number of halogens is 2. The highest BCUT2D eigenvalue weighted by molar-refractivity contribution is 9.10. The van der Waals surface area contributed by atoms with E-state index in [1.165, 1.54) is 0 Å². The fourth-order valence-electron chi connectivity index (χ4n) is 0.945. The number of hydrogen-bond donors (Lipinski definition) is 1. The van der Waals surface area contributed by atoms with E-state index < -0.39 is 6.67 Å². The molecule has 1 N–H and O–H groups in total. The lowest BCUT2D eigenvalue weighted by Gasteiger charge is -2.05. The van der Waals surface area contributed by atoms with Gasteiger partial charge in [0, 0.05) is 11.0 Å². The monoisotopic (exact) mass is 242 g/mol. The van der Waals surface area contributed by atoms with Gasteiger partial charge in [0.15, 0.2) is 0 Å². The molecule has 0 atom stereocenters. The minimum Gasteiger partial charge on any atom is -0.381 e. The second-order valence-corrected chi connectivity index (χ2v) is 3.33. The van der Waals surface area contributed by atoms with Crippen molar-refractivity contribution in [1.29, 1.82) is 5.26 Å². The van der Waals surface area contributed by atoms with Crippen molar-refractivity contribution in [3.05, 3.63) is 28.2 Å². The van der Waals surface area contributed by atoms with Gasteiger partial charge in [0.2, 0.25) is 0 Å². The van der Waals surface area contributed by atoms with Crippen LogP contribution in [0, 0.1) is 11.3 Å². The van der Waals surface area contributed by atoms with E-state index in [0.29, 0.717) is 11.3 Å². The summed E-state index contributed by atoms with van der Waals surface area (Å²) < 4.78 is 12.7. The predicted octanol–water partition coefficient (Wildman–Crippen LogP) is 2.70. The molecule has 68 valence electrons. The molecule has 13 heavy (non-hydrogen) atoms. The van der Waals surface area contributed by atoms with Gasteiger partial charge in [-0.2, -0.15) is 5.26 Å². The third-order valence-corrected chi connectivity index (χ3v) is 2.01. The Morgan fingerprint density at radius 2 is 2.31 bits per heavy atom. The molecule has 1 rings (SSSR count). The highest BCUT2D eigenvalue weighted by Gasteiger charge is 2.00. The third-order valence-electron chi connectivity index (χ3n) is 1.51. The van der Waals surface area contributed by atoms with Gasteiger partial charge in [0.25, 0.3) is 0 Å². The Labute approximate surface area is 84.5 Å². The Morgan fingerprint density at radius 1 is 1.54 bits per heavy atom. The lowest BCUT2D eigenvalue weighted by atomic mass is 10.2. The summed E-state index contributed by atoms with van der Waals surface area (Å²) in [6, 6.07) is 7.28. The minimum absolute atomic E-state index is 0.232. The summed E-state index contributed by atoms with van der Waals surface area (Å²) in [6.07, 6.45) is 0. The summed E-state index contributed by atoms with van der Waals surface area (Å²) in [5.74, 6) is 0. The standard InChI is InChI=1S/C9H8BrFN2/c10-8-1-2-9(13-4-3-11)7(5-8)6-12/h1-2,5,13H,3-4H2. The number of nitrogens with zero attached hydrogens (tertiary/aromatic N) is 1. The minimum atomic E-state index is -0.444. The van der Waals surface area contributed by atoms with Crippen LogP contribution in [0.5, 0.6) is 0 Å². The van der Waals surface area contributed by atoms with E-state index in [0.717, 1.165) is 4.47 Å². The van der Waals surface area contributed by atoms with E-state index in [4.69, 9.17) is 5.26 Å². The summed E-state index contributed by atoms with van der Waals surface area (Å²) in [4.78, 5) is 0. The molecule has 2 nitrogen and oxygen atoms in total. The van der Waals surface area contributed by atoms with Crippen molar-refractivity contribution in [2.75, 3.05) is 18.5 Å². The molecule has 0 aliphatic carbocycles. The van der Waals surface area contributed by atoms with Crippen molar-refractivity contribution >= 4 is 21.6 Å². The van der Waals surface area contributed by atoms with Crippen molar-refractivity contribution in [3.63, 3.8) is 0 Å². The smallest absolute Gasteiger partial charge is 0.107 e. The fraction of sp³-hybridized carbons (Fsp3) is 0.222. The largest absolute Gasteiger partial charge is 0.381 e. The van der Waals surface area contributed by atoms with Gasteiger partial charge in [-0.3, -0.25) is 0 Å². The molecule has 0 aliphatic rings. The number of benzene rings is 1. The highest BCUT2D eigenvalue weighted by atomic mass is 79.9. The van der Waals surface area contributed by atoms with Gasteiger partial charge < -0.3 is 5.32 Å². The van der Waals surface area contributed by atoms with Crippen molar-refractivity contribution < 1.29 is 4.39 Å². The number of nitriles is 1. The van der Waals surface area contributed by atoms with E-state index >= 15 is 0 Å². The first-order valence-electron chi connectivity index (χ1n) is 3.77. The first-order valence-corrected chi connectivity index (χ1v) is 4.56. The van der Waals surface area contributed by atoms with Crippen molar-refractivity contribution in [3.8, 4) is 6.07 Å². The Hall–Kier alpha value is -1.08. The van der Waals surface area contributed by atoms with Crippen molar-refractivity contribution in [1.82, 2.24) is 0 Å². The van der Waals surface area contributed by atoms with Crippen LogP contribution in [0.25, 0.3) is 0 Å². The molecule has 0 heterocycles. The van der Waals surface area contributed by atoms with E-state index in [1.54, 1.807) is 18.2 Å². The molecule has 1 aromatic carbocycles. The number of alkyl halides is 1. The zero-order valence-corrected chi connectivity index (χ0v) is 8.44. The zero-order chi connectivity index (χ0) is 9.68. The molecule has 0 spiro atoms. The van der Waals surface area contributed by atoms with Gasteiger partial charge in [-0.15, -0.1) is 0 Å². The summed E-state index contributed by atoms with van der Waals surface area (Å²) in [6.45, 7) is -0.211. The maximum atomic E-state index is 11.8. The summed E-state index contributed by atoms with van der Waals surface area (Å²) >= 11 is 3.25. The molecular formula is C9H8BrFN2. The van der Waals surface area contributed by atoms with Crippen LogP contribution in [0.3, 0.4) is 0 Å². The van der Waals surface area contributed by atoms with Gasteiger partial charge >= 0.3 is 0 Å². The van der Waals surface area contributed by atoms with Gasteiger partial charge in [-0.1, -0.05) is 15.9 Å². The van der Waals surface area contributed by atoms with Crippen LogP contribution in [-0.4, -0.2) is 13.2 Å². The van der Waals surface area contributed by atoms with Gasteiger partial charge in [-0.05, 0) is 18.2 Å². The van der Waals surface area contributed by atoms with Crippen LogP contribution in [0.2, 0.25) is 0 Å². The molecular weight excluding hydrogens is 235 g/mol. The maximum Gasteiger partial charge on any atom is 0.107 e. The number of nitrogens with one attached hydrogen (secondary N) is 1. The molecule has 4 heteroatoms. The topological polar surface area (TPSA) is 35.8 Å². The Balaban J connectivity index is 2.88. The number of rotatable bonds is 3. The van der Waals surface area contributed by atoms with Gasteiger partial charge in [0.05, 0.1) is 11.3 Å². The molecule has 0 fully saturated rings. The Bertz CT molecular complexity index is 333. The first-order chi connectivity index (χ1) is 6.27. The average molecular weight is 243 g/mol. The lowest BCUT2D eigenvalue weighted by molar-refractivity contribution is 0.513. The van der Waals surface area contributed by atoms with Gasteiger partial charge in [0.1, 0.15) is 12.7 Å². The van der Waals surface area contributed by atoms with Crippen molar-refractivity contribution in [2.24, 2.45) is 0 Å². The molecule has 0 aliphatic heterocycles. The van der Waals surface area contributed by atoms with Crippen LogP contribution < -0.4 is 5.32 Å². The molecule has 0 unspecified atom stereocenters. The summed E-state index contributed by atoms with van der Waals surface area (Å²) in [5.41, 5.74) is 1.19. The predicted molar refractivity (Wildman–Crippen MR) is 53.3 cm³/mol.